The van der Waals surface area contributed by atoms with Gasteiger partial charge >= 0.3 is 0 Å². The summed E-state index contributed by atoms with van der Waals surface area (Å²) in [4.78, 5) is 17.8. The Morgan fingerprint density at radius 2 is 1.61 bits per heavy atom. The minimum Gasteiger partial charge on any atom is -0.493 e. The molecule has 0 aliphatic carbocycles. The number of nitrogens with zero attached hydrogens (tertiary/aromatic N) is 3. The second-order valence-corrected chi connectivity index (χ2v) is 12.0. The van der Waals surface area contributed by atoms with Gasteiger partial charge in [-0.3, -0.25) is 4.79 Å². The summed E-state index contributed by atoms with van der Waals surface area (Å²) >= 11 is 0. The van der Waals surface area contributed by atoms with Crippen molar-refractivity contribution in [3.8, 4) is 28.9 Å². The number of nitriles is 1. The molecule has 0 bridgehead atoms. The number of hydrogen-bond donors (Lipinski definition) is 0. The Labute approximate surface area is 261 Å². The average Bonchev–Trinajstić information content (AvgIpc) is 3.04. The molecule has 0 saturated heterocycles. The molecule has 4 rings (SSSR count). The number of para-hydroxylation sites is 1. The molecule has 0 radical (unpaired) electrons. The fraction of sp³-hybridized carbons (Fsp3) is 0.405. The quantitative estimate of drug-likeness (QED) is 0.155. The zero-order chi connectivity index (χ0) is 31.9. The Kier molecular flexibility index (Phi) is 10.9. The van der Waals surface area contributed by atoms with Crippen LogP contribution in [0.5, 0.6) is 11.5 Å². The summed E-state index contributed by atoms with van der Waals surface area (Å²) in [5.41, 5.74) is 3.52. The molecular weight excluding hydrogens is 550 g/mol. The van der Waals surface area contributed by atoms with Gasteiger partial charge < -0.3 is 23.7 Å². The molecule has 1 aromatic heterocycles. The third-order valence-corrected chi connectivity index (χ3v) is 8.76. The molecule has 4 aromatic rings. The van der Waals surface area contributed by atoms with Crippen molar-refractivity contribution in [3.63, 3.8) is 0 Å². The van der Waals surface area contributed by atoms with Gasteiger partial charge in [0, 0.05) is 36.3 Å². The van der Waals surface area contributed by atoms with Crippen LogP contribution in [0.3, 0.4) is 0 Å². The maximum absolute atomic E-state index is 13.2. The van der Waals surface area contributed by atoms with E-state index in [1.807, 2.05) is 73.7 Å². The first kappa shape index (κ1) is 32.8. The lowest BCUT2D eigenvalue weighted by Gasteiger charge is -2.32. The van der Waals surface area contributed by atoms with E-state index >= 15 is 0 Å². The predicted molar refractivity (Wildman–Crippen MR) is 177 cm³/mol. The van der Waals surface area contributed by atoms with E-state index in [1.165, 1.54) is 0 Å². The van der Waals surface area contributed by atoms with Crippen LogP contribution < -0.4 is 14.9 Å². The van der Waals surface area contributed by atoms with E-state index in [9.17, 15) is 10.1 Å². The van der Waals surface area contributed by atoms with Crippen molar-refractivity contribution < 1.29 is 13.9 Å². The molecule has 0 amide bonds. The maximum atomic E-state index is 13.2. The number of hydrogen-bond acceptors (Lipinski definition) is 7. The Balaban J connectivity index is 1.40. The second-order valence-electron chi connectivity index (χ2n) is 12.0. The molecule has 7 heteroatoms. The highest BCUT2D eigenvalue weighted by atomic mass is 16.5. The lowest BCUT2D eigenvalue weighted by Crippen LogP contribution is -2.34. The molecule has 44 heavy (non-hydrogen) atoms. The van der Waals surface area contributed by atoms with Crippen LogP contribution in [0.1, 0.15) is 43.4 Å². The normalized spacial score (nSPS) is 12.9. The Bertz CT molecular complexity index is 1660. The van der Waals surface area contributed by atoms with Crippen LogP contribution >= 0.6 is 0 Å². The van der Waals surface area contributed by atoms with Crippen LogP contribution in [0.2, 0.25) is 0 Å². The Morgan fingerprint density at radius 3 is 2.27 bits per heavy atom. The van der Waals surface area contributed by atoms with Crippen molar-refractivity contribution >= 4 is 11.0 Å². The second kappa shape index (κ2) is 14.6. The van der Waals surface area contributed by atoms with Crippen LogP contribution in [0.25, 0.3) is 22.3 Å². The van der Waals surface area contributed by atoms with Gasteiger partial charge in [0.1, 0.15) is 11.3 Å². The highest BCUT2D eigenvalue weighted by Crippen LogP contribution is 2.40. The van der Waals surface area contributed by atoms with Crippen molar-refractivity contribution in [2.45, 2.75) is 45.6 Å². The number of rotatable bonds is 14. The third kappa shape index (κ3) is 6.99. The molecule has 3 aromatic carbocycles. The van der Waals surface area contributed by atoms with Crippen LogP contribution in [0.15, 0.2) is 75.9 Å². The Hall–Kier alpha value is -4.12. The standard InChI is InChI=1S/C37H45N3O4/c1-26(2)37(25-38,30-17-18-32(42-6)33(23-30)43-7)19-12-20-39(4)21-22-40(5)24-29-15-11-16-31-34(41)27(3)35(44-36(29)31)28-13-9-8-10-14-28/h8-11,13-18,23,26H,12,19-22,24H2,1-7H3. The van der Waals surface area contributed by atoms with Crippen LogP contribution in [0, 0.1) is 24.2 Å². The summed E-state index contributed by atoms with van der Waals surface area (Å²) < 4.78 is 17.4. The molecule has 0 aliphatic heterocycles. The molecule has 1 heterocycles. The highest BCUT2D eigenvalue weighted by Gasteiger charge is 2.36. The third-order valence-electron chi connectivity index (χ3n) is 8.76. The molecule has 7 nitrogen and oxygen atoms in total. The first-order chi connectivity index (χ1) is 21.1. The van der Waals surface area contributed by atoms with E-state index in [1.54, 1.807) is 14.2 Å². The summed E-state index contributed by atoms with van der Waals surface area (Å²) in [6.07, 6.45) is 1.63. The van der Waals surface area contributed by atoms with Crippen molar-refractivity contribution in [2.75, 3.05) is 47.9 Å². The molecule has 0 aliphatic rings. The van der Waals surface area contributed by atoms with Crippen molar-refractivity contribution in [1.29, 1.82) is 5.26 Å². The number of fused-ring (bicyclic) bond motifs is 1. The average molecular weight is 596 g/mol. The summed E-state index contributed by atoms with van der Waals surface area (Å²) in [5.74, 6) is 2.06. The van der Waals surface area contributed by atoms with E-state index < -0.39 is 5.41 Å². The number of ether oxygens (including phenoxy) is 2. The minimum absolute atomic E-state index is 0.0114. The van der Waals surface area contributed by atoms with Gasteiger partial charge in [0.2, 0.25) is 0 Å². The van der Waals surface area contributed by atoms with Crippen LogP contribution in [-0.4, -0.2) is 57.7 Å². The van der Waals surface area contributed by atoms with E-state index in [4.69, 9.17) is 13.9 Å². The molecular formula is C37H45N3O4. The van der Waals surface area contributed by atoms with Gasteiger partial charge in [-0.25, -0.2) is 0 Å². The van der Waals surface area contributed by atoms with Gasteiger partial charge in [0.25, 0.3) is 0 Å². The summed E-state index contributed by atoms with van der Waals surface area (Å²) in [5, 5.41) is 11.0. The van der Waals surface area contributed by atoms with Gasteiger partial charge in [-0.15, -0.1) is 0 Å². The maximum Gasteiger partial charge on any atom is 0.196 e. The van der Waals surface area contributed by atoms with Crippen molar-refractivity contribution in [2.24, 2.45) is 5.92 Å². The van der Waals surface area contributed by atoms with E-state index in [0.717, 1.165) is 49.2 Å². The molecule has 0 fully saturated rings. The molecule has 1 unspecified atom stereocenters. The lowest BCUT2D eigenvalue weighted by atomic mass is 9.69. The first-order valence-corrected chi connectivity index (χ1v) is 15.3. The van der Waals surface area contributed by atoms with Gasteiger partial charge in [-0.2, -0.15) is 5.26 Å². The van der Waals surface area contributed by atoms with E-state index in [0.29, 0.717) is 40.3 Å². The topological polar surface area (TPSA) is 78.9 Å². The zero-order valence-corrected chi connectivity index (χ0v) is 27.1. The first-order valence-electron chi connectivity index (χ1n) is 15.3. The SMILES string of the molecule is COc1ccc(C(C#N)(CCCN(C)CCN(C)Cc2cccc3c(=O)c(C)c(-c4ccccc4)oc23)C(C)C)cc1OC. The minimum atomic E-state index is -0.619. The summed E-state index contributed by atoms with van der Waals surface area (Å²) in [6, 6.07) is 24.1. The number of methoxy groups -OCH3 is 2. The predicted octanol–water partition coefficient (Wildman–Crippen LogP) is 7.05. The lowest BCUT2D eigenvalue weighted by molar-refractivity contribution is 0.240. The van der Waals surface area contributed by atoms with Gasteiger partial charge in [0.05, 0.1) is 31.1 Å². The molecule has 1 atom stereocenters. The largest absolute Gasteiger partial charge is 0.493 e. The molecule has 0 spiro atoms. The highest BCUT2D eigenvalue weighted by molar-refractivity contribution is 5.83. The fourth-order valence-electron chi connectivity index (χ4n) is 5.94. The summed E-state index contributed by atoms with van der Waals surface area (Å²) in [7, 11) is 7.45. The van der Waals surface area contributed by atoms with Crippen LogP contribution in [0.4, 0.5) is 0 Å². The van der Waals surface area contributed by atoms with Crippen LogP contribution in [-0.2, 0) is 12.0 Å². The zero-order valence-electron chi connectivity index (χ0n) is 27.1. The molecule has 0 saturated carbocycles. The Morgan fingerprint density at radius 1 is 0.909 bits per heavy atom. The van der Waals surface area contributed by atoms with Crippen molar-refractivity contribution in [3.05, 3.63) is 93.6 Å². The van der Waals surface area contributed by atoms with Gasteiger partial charge in [-0.1, -0.05) is 62.4 Å². The molecule has 232 valence electrons. The van der Waals surface area contributed by atoms with Gasteiger partial charge in [-0.05, 0) is 70.1 Å². The van der Waals surface area contributed by atoms with E-state index in [2.05, 4.69) is 43.8 Å². The van der Waals surface area contributed by atoms with Crippen molar-refractivity contribution in [1.82, 2.24) is 9.80 Å². The molecule has 0 N–H and O–H groups in total. The smallest absolute Gasteiger partial charge is 0.196 e. The number of benzene rings is 3. The fourth-order valence-corrected chi connectivity index (χ4v) is 5.94. The number of likely N-dealkylation sites (N-methyl/N-ethyl adjacent to an activating group) is 2. The monoisotopic (exact) mass is 595 g/mol. The van der Waals surface area contributed by atoms with Gasteiger partial charge in [0.15, 0.2) is 16.9 Å². The van der Waals surface area contributed by atoms with E-state index in [-0.39, 0.29) is 11.3 Å². The summed E-state index contributed by atoms with van der Waals surface area (Å²) in [6.45, 7) is 9.30.